The fraction of sp³-hybridized carbons (Fsp3) is 0.700. The van der Waals surface area contributed by atoms with E-state index >= 15 is 0 Å². The second-order valence-corrected chi connectivity index (χ2v) is 4.21. The van der Waals surface area contributed by atoms with Crippen molar-refractivity contribution in [3.8, 4) is 0 Å². The van der Waals surface area contributed by atoms with Crippen molar-refractivity contribution < 1.29 is 0 Å². The molecular formula is C10H17NS. The van der Waals surface area contributed by atoms with Crippen molar-refractivity contribution in [2.75, 3.05) is 5.75 Å². The third-order valence-corrected chi connectivity index (χ3v) is 3.10. The molecule has 0 spiro atoms. The van der Waals surface area contributed by atoms with E-state index in [4.69, 9.17) is 0 Å². The molecule has 0 fully saturated rings. The van der Waals surface area contributed by atoms with E-state index in [9.17, 15) is 0 Å². The lowest BCUT2D eigenvalue weighted by Gasteiger charge is -2.20. The Morgan fingerprint density at radius 2 is 2.17 bits per heavy atom. The monoisotopic (exact) mass is 183 g/mol. The molecule has 0 saturated heterocycles. The first-order valence-electron chi connectivity index (χ1n) is 4.55. The van der Waals surface area contributed by atoms with Gasteiger partial charge in [-0.3, -0.25) is 0 Å². The third-order valence-electron chi connectivity index (χ3n) is 2.22. The first-order chi connectivity index (χ1) is 5.66. The fourth-order valence-corrected chi connectivity index (χ4v) is 2.58. The maximum atomic E-state index is 4.41. The van der Waals surface area contributed by atoms with Gasteiger partial charge in [-0.05, 0) is 36.8 Å². The Balaban J connectivity index is 2.98. The Morgan fingerprint density at radius 1 is 1.50 bits per heavy atom. The van der Waals surface area contributed by atoms with Gasteiger partial charge in [0.15, 0.2) is 0 Å². The lowest BCUT2D eigenvalue weighted by atomic mass is 9.93. The van der Waals surface area contributed by atoms with E-state index in [0.29, 0.717) is 5.92 Å². The van der Waals surface area contributed by atoms with Crippen LogP contribution in [0.5, 0.6) is 0 Å². The molecule has 2 heteroatoms. The van der Waals surface area contributed by atoms with Crippen LogP contribution in [-0.2, 0) is 0 Å². The minimum Gasteiger partial charge on any atom is -0.221 e. The molecule has 0 aromatic rings. The molecule has 1 aliphatic rings. The standard InChI is InChI=1S/C10H17NS/c1-5-9-6-12-11-8(4)10(9)7(2)3/h7H,5-6H2,1-4H3. The minimum atomic E-state index is 0.629. The van der Waals surface area contributed by atoms with Gasteiger partial charge in [0.05, 0.1) is 0 Å². The van der Waals surface area contributed by atoms with Crippen LogP contribution in [0.3, 0.4) is 0 Å². The van der Waals surface area contributed by atoms with E-state index < -0.39 is 0 Å². The molecule has 1 heterocycles. The molecule has 1 nitrogen and oxygen atoms in total. The number of nitrogens with zero attached hydrogens (tertiary/aromatic N) is 1. The Kier molecular flexibility index (Phi) is 3.39. The first-order valence-corrected chi connectivity index (χ1v) is 5.49. The molecule has 0 unspecified atom stereocenters. The van der Waals surface area contributed by atoms with E-state index in [2.05, 4.69) is 32.1 Å². The van der Waals surface area contributed by atoms with Gasteiger partial charge in [-0.2, -0.15) is 0 Å². The van der Waals surface area contributed by atoms with Crippen molar-refractivity contribution in [2.45, 2.75) is 34.1 Å². The average Bonchev–Trinajstić information content (AvgIpc) is 2.03. The first kappa shape index (κ1) is 9.85. The smallest absolute Gasteiger partial charge is 0.0490 e. The number of hydrogen-bond donors (Lipinski definition) is 0. The molecule has 1 aliphatic heterocycles. The highest BCUT2D eigenvalue weighted by molar-refractivity contribution is 7.98. The lowest BCUT2D eigenvalue weighted by Crippen LogP contribution is -2.12. The van der Waals surface area contributed by atoms with Crippen LogP contribution in [0.1, 0.15) is 34.1 Å². The van der Waals surface area contributed by atoms with Crippen LogP contribution in [-0.4, -0.2) is 11.5 Å². The fourth-order valence-electron chi connectivity index (χ4n) is 1.71. The van der Waals surface area contributed by atoms with Crippen LogP contribution in [0.2, 0.25) is 0 Å². The van der Waals surface area contributed by atoms with Crippen molar-refractivity contribution in [2.24, 2.45) is 10.3 Å². The van der Waals surface area contributed by atoms with Crippen molar-refractivity contribution in [3.63, 3.8) is 0 Å². The average molecular weight is 183 g/mol. The summed E-state index contributed by atoms with van der Waals surface area (Å²) in [6.07, 6.45) is 1.17. The van der Waals surface area contributed by atoms with Crippen LogP contribution in [0.25, 0.3) is 0 Å². The summed E-state index contributed by atoms with van der Waals surface area (Å²) in [5.41, 5.74) is 4.32. The van der Waals surface area contributed by atoms with Crippen molar-refractivity contribution in [3.05, 3.63) is 11.1 Å². The molecule has 0 aromatic carbocycles. The topological polar surface area (TPSA) is 12.4 Å². The molecular weight excluding hydrogens is 166 g/mol. The SMILES string of the molecule is CCC1=C(C(C)C)C(C)=NSC1. The summed E-state index contributed by atoms with van der Waals surface area (Å²) in [6.45, 7) is 8.86. The molecule has 0 aromatic heterocycles. The molecule has 0 atom stereocenters. The highest BCUT2D eigenvalue weighted by atomic mass is 32.2. The maximum Gasteiger partial charge on any atom is 0.0490 e. The van der Waals surface area contributed by atoms with Crippen LogP contribution in [0, 0.1) is 5.92 Å². The second kappa shape index (κ2) is 4.13. The Bertz CT molecular complexity index is 226. The summed E-state index contributed by atoms with van der Waals surface area (Å²) < 4.78 is 4.41. The number of rotatable bonds is 2. The van der Waals surface area contributed by atoms with Crippen molar-refractivity contribution in [1.29, 1.82) is 0 Å². The predicted molar refractivity (Wildman–Crippen MR) is 57.7 cm³/mol. The second-order valence-electron chi connectivity index (χ2n) is 3.48. The van der Waals surface area contributed by atoms with Crippen molar-refractivity contribution >= 4 is 17.7 Å². The number of hydrogen-bond acceptors (Lipinski definition) is 2. The minimum absolute atomic E-state index is 0.629. The molecule has 0 N–H and O–H groups in total. The van der Waals surface area contributed by atoms with Gasteiger partial charge in [-0.15, -0.1) is 0 Å². The zero-order chi connectivity index (χ0) is 9.14. The van der Waals surface area contributed by atoms with Crippen molar-refractivity contribution in [1.82, 2.24) is 0 Å². The summed E-state index contributed by atoms with van der Waals surface area (Å²) >= 11 is 1.69. The van der Waals surface area contributed by atoms with E-state index in [0.717, 1.165) is 5.75 Å². The van der Waals surface area contributed by atoms with E-state index in [-0.39, 0.29) is 0 Å². The van der Waals surface area contributed by atoms with Gasteiger partial charge in [-0.25, -0.2) is 4.40 Å². The summed E-state index contributed by atoms with van der Waals surface area (Å²) in [7, 11) is 0. The van der Waals surface area contributed by atoms with Gasteiger partial charge in [-0.1, -0.05) is 26.3 Å². The highest BCUT2D eigenvalue weighted by Gasteiger charge is 2.16. The van der Waals surface area contributed by atoms with Crippen LogP contribution < -0.4 is 0 Å². The zero-order valence-corrected chi connectivity index (χ0v) is 9.16. The quantitative estimate of drug-likeness (QED) is 0.597. The molecule has 1 rings (SSSR count). The number of allylic oxidation sites excluding steroid dienone is 1. The van der Waals surface area contributed by atoms with Crippen LogP contribution in [0.4, 0.5) is 0 Å². The summed E-state index contributed by atoms with van der Waals surface area (Å²) in [5, 5.41) is 0. The highest BCUT2D eigenvalue weighted by Crippen LogP contribution is 2.28. The lowest BCUT2D eigenvalue weighted by molar-refractivity contribution is 0.782. The molecule has 68 valence electrons. The van der Waals surface area contributed by atoms with Gasteiger partial charge < -0.3 is 0 Å². The predicted octanol–water partition coefficient (Wildman–Crippen LogP) is 3.47. The largest absolute Gasteiger partial charge is 0.221 e. The summed E-state index contributed by atoms with van der Waals surface area (Å²) in [5.74, 6) is 1.73. The Hall–Kier alpha value is -0.240. The maximum absolute atomic E-state index is 4.41. The molecule has 0 saturated carbocycles. The third kappa shape index (κ3) is 1.92. The van der Waals surface area contributed by atoms with Crippen LogP contribution >= 0.6 is 11.9 Å². The van der Waals surface area contributed by atoms with Gasteiger partial charge in [0, 0.05) is 11.5 Å². The van der Waals surface area contributed by atoms with Gasteiger partial charge in [0.1, 0.15) is 0 Å². The molecule has 0 radical (unpaired) electrons. The molecule has 0 aliphatic carbocycles. The van der Waals surface area contributed by atoms with E-state index in [1.807, 2.05) is 0 Å². The Labute approximate surface area is 79.5 Å². The normalized spacial score (nSPS) is 18.6. The Morgan fingerprint density at radius 3 is 2.58 bits per heavy atom. The van der Waals surface area contributed by atoms with Crippen LogP contribution in [0.15, 0.2) is 15.5 Å². The van der Waals surface area contributed by atoms with E-state index in [1.54, 1.807) is 17.5 Å². The zero-order valence-electron chi connectivity index (χ0n) is 8.35. The molecule has 0 bridgehead atoms. The van der Waals surface area contributed by atoms with Gasteiger partial charge in [0.25, 0.3) is 0 Å². The summed E-state index contributed by atoms with van der Waals surface area (Å²) in [6, 6.07) is 0. The molecule has 12 heavy (non-hydrogen) atoms. The van der Waals surface area contributed by atoms with Gasteiger partial charge in [0.2, 0.25) is 0 Å². The van der Waals surface area contributed by atoms with Gasteiger partial charge >= 0.3 is 0 Å². The summed E-state index contributed by atoms with van der Waals surface area (Å²) in [4.78, 5) is 0. The van der Waals surface area contributed by atoms with E-state index in [1.165, 1.54) is 17.7 Å². The molecule has 0 amide bonds.